The molecular weight excluding hydrogens is 435 g/mol. The molecule has 6 heteroatoms. The van der Waals surface area contributed by atoms with Gasteiger partial charge < -0.3 is 10.4 Å². The second kappa shape index (κ2) is 6.98. The number of nitrogens with zero attached hydrogens (tertiary/aromatic N) is 1. The molecule has 0 atom stereocenters. The molecule has 0 aliphatic carbocycles. The van der Waals surface area contributed by atoms with Gasteiger partial charge in [-0.15, -0.1) is 0 Å². The summed E-state index contributed by atoms with van der Waals surface area (Å²) in [7, 11) is 0. The van der Waals surface area contributed by atoms with Crippen molar-refractivity contribution in [3.8, 4) is 5.75 Å². The Bertz CT molecular complexity index is 870. The van der Waals surface area contributed by atoms with Crippen LogP contribution >= 0.6 is 34.4 Å². The molecule has 1 fully saturated rings. The zero-order chi connectivity index (χ0) is 17.3. The van der Waals surface area contributed by atoms with Crippen molar-refractivity contribution in [2.24, 2.45) is 4.99 Å². The van der Waals surface area contributed by atoms with Gasteiger partial charge in [0.2, 0.25) is 0 Å². The number of aliphatic imine (C=N–C) groups is 1. The fraction of sp³-hybridized carbons (Fsp3) is 0.111. The molecule has 0 unspecified atom stereocenters. The lowest BCUT2D eigenvalue weighted by molar-refractivity contribution is -0.115. The van der Waals surface area contributed by atoms with Crippen molar-refractivity contribution >= 4 is 57.2 Å². The standard InChI is InChI=1S/C18H15IN2O2S/c1-10-5-11(2)7-13(6-10)20-18-21-17(23)16(24-18)9-12-3-4-15(22)14(19)8-12/h3-9,22H,1-2H3,(H,20,21,23)/b16-9-. The number of phenolic OH excluding ortho intramolecular Hbond substituents is 1. The van der Waals surface area contributed by atoms with E-state index in [0.29, 0.717) is 10.1 Å². The van der Waals surface area contributed by atoms with Gasteiger partial charge in [-0.3, -0.25) is 4.79 Å². The van der Waals surface area contributed by atoms with Gasteiger partial charge in [-0.2, -0.15) is 0 Å². The number of carbonyl (C=O) groups excluding carboxylic acids is 1. The summed E-state index contributed by atoms with van der Waals surface area (Å²) in [5.74, 6) is 0.0737. The van der Waals surface area contributed by atoms with Crippen LogP contribution in [0.5, 0.6) is 5.75 Å². The number of rotatable bonds is 2. The first-order chi connectivity index (χ1) is 11.4. The number of halogens is 1. The van der Waals surface area contributed by atoms with Crippen LogP contribution in [0.15, 0.2) is 46.3 Å². The second-order valence-electron chi connectivity index (χ2n) is 5.54. The summed E-state index contributed by atoms with van der Waals surface area (Å²) in [6.07, 6.45) is 1.80. The van der Waals surface area contributed by atoms with Gasteiger partial charge in [0.05, 0.1) is 14.2 Å². The Hall–Kier alpha value is -1.80. The summed E-state index contributed by atoms with van der Waals surface area (Å²) in [4.78, 5) is 17.2. The summed E-state index contributed by atoms with van der Waals surface area (Å²) in [5, 5.41) is 12.9. The topological polar surface area (TPSA) is 61.7 Å². The molecule has 1 aliphatic heterocycles. The maximum atomic E-state index is 12.1. The molecule has 2 N–H and O–H groups in total. The van der Waals surface area contributed by atoms with Crippen LogP contribution in [0.25, 0.3) is 6.08 Å². The third-order valence-corrected chi connectivity index (χ3v) is 5.13. The number of aryl methyl sites for hydroxylation is 2. The van der Waals surface area contributed by atoms with E-state index in [1.165, 1.54) is 11.8 Å². The van der Waals surface area contributed by atoms with Gasteiger partial charge in [-0.05, 0) is 95.2 Å². The molecular formula is C18H15IN2O2S. The Balaban J connectivity index is 1.86. The number of nitrogens with one attached hydrogen (secondary N) is 1. The molecule has 1 saturated heterocycles. The first-order valence-electron chi connectivity index (χ1n) is 7.27. The number of thioether (sulfide) groups is 1. The van der Waals surface area contributed by atoms with E-state index in [-0.39, 0.29) is 11.7 Å². The van der Waals surface area contributed by atoms with E-state index in [0.717, 1.165) is 25.9 Å². The van der Waals surface area contributed by atoms with Crippen LogP contribution in [0.2, 0.25) is 0 Å². The average molecular weight is 450 g/mol. The maximum absolute atomic E-state index is 12.1. The molecule has 2 aromatic rings. The van der Waals surface area contributed by atoms with E-state index in [4.69, 9.17) is 0 Å². The highest BCUT2D eigenvalue weighted by Gasteiger charge is 2.23. The molecule has 1 amide bonds. The lowest BCUT2D eigenvalue weighted by Gasteiger charge is -2.01. The van der Waals surface area contributed by atoms with E-state index < -0.39 is 0 Å². The quantitative estimate of drug-likeness (QED) is 0.523. The molecule has 2 aromatic carbocycles. The number of aromatic hydroxyl groups is 1. The van der Waals surface area contributed by atoms with E-state index in [1.807, 2.05) is 32.0 Å². The minimum atomic E-state index is -0.161. The van der Waals surface area contributed by atoms with Gasteiger partial charge in [0.25, 0.3) is 5.91 Å². The van der Waals surface area contributed by atoms with Gasteiger partial charge in [-0.25, -0.2) is 4.99 Å². The number of hydrogen-bond acceptors (Lipinski definition) is 4. The van der Waals surface area contributed by atoms with Crippen molar-refractivity contribution in [2.75, 3.05) is 0 Å². The molecule has 0 radical (unpaired) electrons. The maximum Gasteiger partial charge on any atom is 0.264 e. The van der Waals surface area contributed by atoms with Gasteiger partial charge in [0.1, 0.15) is 5.75 Å². The lowest BCUT2D eigenvalue weighted by Crippen LogP contribution is -2.19. The van der Waals surface area contributed by atoms with E-state index in [1.54, 1.807) is 18.2 Å². The third kappa shape index (κ3) is 3.99. The average Bonchev–Trinajstić information content (AvgIpc) is 2.81. The Labute approximate surface area is 158 Å². The first-order valence-corrected chi connectivity index (χ1v) is 9.16. The molecule has 1 heterocycles. The highest BCUT2D eigenvalue weighted by atomic mass is 127. The molecule has 4 nitrogen and oxygen atoms in total. The van der Waals surface area contributed by atoms with Crippen LogP contribution < -0.4 is 5.32 Å². The molecule has 122 valence electrons. The van der Waals surface area contributed by atoms with E-state index in [9.17, 15) is 9.90 Å². The first kappa shape index (κ1) is 17.0. The minimum absolute atomic E-state index is 0.161. The summed E-state index contributed by atoms with van der Waals surface area (Å²) in [5.41, 5.74) is 3.97. The number of amides is 1. The predicted molar refractivity (Wildman–Crippen MR) is 108 cm³/mol. The fourth-order valence-corrected chi connectivity index (χ4v) is 3.76. The van der Waals surface area contributed by atoms with Crippen LogP contribution in [0.4, 0.5) is 5.69 Å². The van der Waals surface area contributed by atoms with Gasteiger partial charge in [0.15, 0.2) is 5.17 Å². The Morgan fingerprint density at radius 1 is 1.17 bits per heavy atom. The molecule has 0 spiro atoms. The number of hydrogen-bond donors (Lipinski definition) is 2. The Morgan fingerprint density at radius 3 is 2.54 bits per heavy atom. The largest absolute Gasteiger partial charge is 0.507 e. The van der Waals surface area contributed by atoms with E-state index >= 15 is 0 Å². The number of phenols is 1. The molecule has 0 bridgehead atoms. The van der Waals surface area contributed by atoms with Crippen LogP contribution in [-0.2, 0) is 4.79 Å². The van der Waals surface area contributed by atoms with Crippen LogP contribution in [0.3, 0.4) is 0 Å². The molecule has 24 heavy (non-hydrogen) atoms. The monoisotopic (exact) mass is 450 g/mol. The van der Waals surface area contributed by atoms with Crippen molar-refractivity contribution < 1.29 is 9.90 Å². The van der Waals surface area contributed by atoms with Crippen molar-refractivity contribution in [2.45, 2.75) is 13.8 Å². The predicted octanol–water partition coefficient (Wildman–Crippen LogP) is 4.51. The molecule has 3 rings (SSSR count). The summed E-state index contributed by atoms with van der Waals surface area (Å²) in [6.45, 7) is 4.05. The third-order valence-electron chi connectivity index (χ3n) is 3.36. The summed E-state index contributed by atoms with van der Waals surface area (Å²) in [6, 6.07) is 11.3. The minimum Gasteiger partial charge on any atom is -0.507 e. The van der Waals surface area contributed by atoms with Gasteiger partial charge >= 0.3 is 0 Å². The summed E-state index contributed by atoms with van der Waals surface area (Å²) >= 11 is 3.37. The number of benzene rings is 2. The fourth-order valence-electron chi connectivity index (χ4n) is 2.38. The number of carbonyl (C=O) groups is 1. The SMILES string of the molecule is Cc1cc(C)cc(N=C2NC(=O)/C(=C/c3ccc(O)c(I)c3)S2)c1. The van der Waals surface area contributed by atoms with Crippen molar-refractivity contribution in [3.05, 3.63) is 61.6 Å². The van der Waals surface area contributed by atoms with Crippen LogP contribution in [-0.4, -0.2) is 16.2 Å². The van der Waals surface area contributed by atoms with Gasteiger partial charge in [-0.1, -0.05) is 12.1 Å². The van der Waals surface area contributed by atoms with E-state index in [2.05, 4.69) is 39.0 Å². The summed E-state index contributed by atoms with van der Waals surface area (Å²) < 4.78 is 0.745. The highest BCUT2D eigenvalue weighted by molar-refractivity contribution is 14.1. The van der Waals surface area contributed by atoms with Crippen LogP contribution in [0.1, 0.15) is 16.7 Å². The smallest absolute Gasteiger partial charge is 0.264 e. The molecule has 0 saturated carbocycles. The zero-order valence-electron chi connectivity index (χ0n) is 13.1. The van der Waals surface area contributed by atoms with Crippen LogP contribution in [0, 0.1) is 17.4 Å². The van der Waals surface area contributed by atoms with Crippen molar-refractivity contribution in [3.63, 3.8) is 0 Å². The highest BCUT2D eigenvalue weighted by Crippen LogP contribution is 2.30. The molecule has 1 aliphatic rings. The van der Waals surface area contributed by atoms with Crippen molar-refractivity contribution in [1.29, 1.82) is 0 Å². The molecule has 0 aromatic heterocycles. The van der Waals surface area contributed by atoms with Gasteiger partial charge in [0, 0.05) is 0 Å². The van der Waals surface area contributed by atoms with Crippen molar-refractivity contribution in [1.82, 2.24) is 5.32 Å². The normalized spacial score (nSPS) is 17.5. The lowest BCUT2D eigenvalue weighted by atomic mass is 10.1. The second-order valence-corrected chi connectivity index (χ2v) is 7.73. The Kier molecular flexibility index (Phi) is 4.96. The zero-order valence-corrected chi connectivity index (χ0v) is 16.1. The Morgan fingerprint density at radius 2 is 1.88 bits per heavy atom. The number of amidine groups is 1.